The van der Waals surface area contributed by atoms with E-state index in [0.29, 0.717) is 5.39 Å². The van der Waals surface area contributed by atoms with E-state index in [1.54, 1.807) is 0 Å². The number of halogens is 3. The minimum Gasteiger partial charge on any atom is -0.478 e. The number of alkyl halides is 2. The van der Waals surface area contributed by atoms with E-state index in [-0.39, 0.29) is 21.7 Å². The molecule has 0 radical (unpaired) electrons. The molecule has 2 rings (SSSR count). The third-order valence-electron chi connectivity index (χ3n) is 2.49. The molecule has 6 heteroatoms. The average Bonchev–Trinajstić information content (AvgIpc) is 2.25. The highest BCUT2D eigenvalue weighted by atomic mass is 35.5. The number of pyridine rings is 1. The maximum atomic E-state index is 13.2. The molecule has 0 aliphatic heterocycles. The van der Waals surface area contributed by atoms with Crippen LogP contribution in [0.1, 0.15) is 22.8 Å². The molecule has 0 aliphatic carbocycles. The second-order valence-electron chi connectivity index (χ2n) is 3.94. The molecule has 0 bridgehead atoms. The number of aromatic nitrogens is 1. The van der Waals surface area contributed by atoms with Gasteiger partial charge in [0.15, 0.2) is 0 Å². The fraction of sp³-hybridized carbons (Fsp3) is 0.167. The molecule has 0 fully saturated rings. The number of hydrogen-bond donors (Lipinski definition) is 1. The summed E-state index contributed by atoms with van der Waals surface area (Å²) in [6.07, 6.45) is 1.12. The number of nitrogens with zero attached hydrogens (tertiary/aromatic N) is 1. The lowest BCUT2D eigenvalue weighted by Crippen LogP contribution is -2.08. The van der Waals surface area contributed by atoms with Crippen molar-refractivity contribution in [2.75, 3.05) is 0 Å². The highest BCUT2D eigenvalue weighted by molar-refractivity contribution is 6.32. The van der Waals surface area contributed by atoms with Crippen molar-refractivity contribution in [2.24, 2.45) is 0 Å². The number of carboxylic acids is 1. The van der Waals surface area contributed by atoms with E-state index < -0.39 is 11.9 Å². The molecule has 0 aliphatic rings. The molecule has 94 valence electrons. The van der Waals surface area contributed by atoms with Crippen LogP contribution in [0.25, 0.3) is 10.9 Å². The molecule has 2 aromatic rings. The first-order valence-electron chi connectivity index (χ1n) is 5.00. The van der Waals surface area contributed by atoms with Crippen molar-refractivity contribution in [1.29, 1.82) is 0 Å². The van der Waals surface area contributed by atoms with Gasteiger partial charge in [-0.25, -0.2) is 13.6 Å². The Labute approximate surface area is 106 Å². The first-order valence-corrected chi connectivity index (χ1v) is 5.38. The fourth-order valence-corrected chi connectivity index (χ4v) is 1.94. The predicted octanol–water partition coefficient (Wildman–Crippen LogP) is 3.70. The molecule has 0 amide bonds. The van der Waals surface area contributed by atoms with Gasteiger partial charge in [0.05, 0.1) is 16.1 Å². The van der Waals surface area contributed by atoms with Gasteiger partial charge in [-0.05, 0) is 18.2 Å². The lowest BCUT2D eigenvalue weighted by atomic mass is 10.1. The van der Waals surface area contributed by atoms with E-state index in [1.807, 2.05) is 0 Å². The minimum atomic E-state index is -3.07. The van der Waals surface area contributed by atoms with Gasteiger partial charge < -0.3 is 5.11 Å². The standard InChI is InChI=1S/C12H8ClF2NO2/c1-12(14,15)8-4-10-6(3-9(8)13)2-7(5-16-10)11(17)18/h2-5H,1H3,(H,17,18). The van der Waals surface area contributed by atoms with Crippen molar-refractivity contribution in [3.05, 3.63) is 40.5 Å². The Morgan fingerprint density at radius 3 is 2.61 bits per heavy atom. The molecule has 1 N–H and O–H groups in total. The third-order valence-corrected chi connectivity index (χ3v) is 2.80. The van der Waals surface area contributed by atoms with E-state index in [4.69, 9.17) is 16.7 Å². The largest absolute Gasteiger partial charge is 0.478 e. The molecular formula is C12H8ClF2NO2. The van der Waals surface area contributed by atoms with Gasteiger partial charge >= 0.3 is 5.97 Å². The van der Waals surface area contributed by atoms with Crippen LogP contribution in [0, 0.1) is 0 Å². The molecule has 1 heterocycles. The van der Waals surface area contributed by atoms with Crippen LogP contribution in [0.3, 0.4) is 0 Å². The second kappa shape index (κ2) is 4.17. The summed E-state index contributed by atoms with van der Waals surface area (Å²) in [6, 6.07) is 3.81. The highest BCUT2D eigenvalue weighted by Crippen LogP contribution is 2.35. The van der Waals surface area contributed by atoms with E-state index >= 15 is 0 Å². The van der Waals surface area contributed by atoms with Gasteiger partial charge in [0.2, 0.25) is 0 Å². The zero-order chi connectivity index (χ0) is 13.5. The molecular weight excluding hydrogens is 264 g/mol. The van der Waals surface area contributed by atoms with Crippen LogP contribution >= 0.6 is 11.6 Å². The lowest BCUT2D eigenvalue weighted by molar-refractivity contribution is 0.0177. The number of rotatable bonds is 2. The smallest absolute Gasteiger partial charge is 0.337 e. The van der Waals surface area contributed by atoms with E-state index in [1.165, 1.54) is 18.2 Å². The Hall–Kier alpha value is -1.75. The molecule has 1 aromatic carbocycles. The van der Waals surface area contributed by atoms with E-state index in [2.05, 4.69) is 4.98 Å². The molecule has 0 saturated carbocycles. The molecule has 0 atom stereocenters. The molecule has 0 spiro atoms. The zero-order valence-corrected chi connectivity index (χ0v) is 10.0. The van der Waals surface area contributed by atoms with Crippen LogP contribution in [-0.4, -0.2) is 16.1 Å². The van der Waals surface area contributed by atoms with Crippen LogP contribution in [0.2, 0.25) is 5.02 Å². The average molecular weight is 272 g/mol. The summed E-state index contributed by atoms with van der Waals surface area (Å²) in [5, 5.41) is 9.10. The number of carbonyl (C=O) groups is 1. The third kappa shape index (κ3) is 2.26. The van der Waals surface area contributed by atoms with Gasteiger partial charge in [0, 0.05) is 24.1 Å². The summed E-state index contributed by atoms with van der Waals surface area (Å²) >= 11 is 5.76. The molecule has 0 saturated heterocycles. The Balaban J connectivity index is 2.68. The first-order chi connectivity index (χ1) is 8.29. The number of aromatic carboxylic acids is 1. The van der Waals surface area contributed by atoms with Gasteiger partial charge in [-0.15, -0.1) is 0 Å². The summed E-state index contributed by atoms with van der Waals surface area (Å²) in [6.45, 7) is 0.742. The minimum absolute atomic E-state index is 0.0189. The van der Waals surface area contributed by atoms with E-state index in [0.717, 1.165) is 13.1 Å². The van der Waals surface area contributed by atoms with Crippen LogP contribution in [0.15, 0.2) is 24.4 Å². The summed E-state index contributed by atoms with van der Waals surface area (Å²) in [5.41, 5.74) is -0.0669. The van der Waals surface area contributed by atoms with Crippen molar-refractivity contribution in [3.8, 4) is 0 Å². The number of benzene rings is 1. The molecule has 3 nitrogen and oxygen atoms in total. The highest BCUT2D eigenvalue weighted by Gasteiger charge is 2.27. The number of hydrogen-bond acceptors (Lipinski definition) is 2. The second-order valence-corrected chi connectivity index (χ2v) is 4.35. The summed E-state index contributed by atoms with van der Waals surface area (Å²) in [7, 11) is 0. The molecule has 1 aromatic heterocycles. The van der Waals surface area contributed by atoms with Crippen LogP contribution in [0.4, 0.5) is 8.78 Å². The first kappa shape index (κ1) is 12.7. The van der Waals surface area contributed by atoms with Crippen molar-refractivity contribution in [1.82, 2.24) is 4.98 Å². The number of fused-ring (bicyclic) bond motifs is 1. The van der Waals surface area contributed by atoms with Crippen molar-refractivity contribution >= 4 is 28.5 Å². The van der Waals surface area contributed by atoms with Gasteiger partial charge in [-0.3, -0.25) is 4.98 Å². The van der Waals surface area contributed by atoms with Crippen molar-refractivity contribution in [2.45, 2.75) is 12.8 Å². The summed E-state index contributed by atoms with van der Waals surface area (Å²) in [4.78, 5) is 14.6. The maximum Gasteiger partial charge on any atom is 0.337 e. The van der Waals surface area contributed by atoms with Crippen LogP contribution < -0.4 is 0 Å². The quantitative estimate of drug-likeness (QED) is 0.906. The van der Waals surface area contributed by atoms with Gasteiger partial charge in [0.1, 0.15) is 0 Å². The Bertz CT molecular complexity index is 638. The van der Waals surface area contributed by atoms with Gasteiger partial charge in [0.25, 0.3) is 5.92 Å². The predicted molar refractivity (Wildman–Crippen MR) is 63.3 cm³/mol. The lowest BCUT2D eigenvalue weighted by Gasteiger charge is -2.13. The van der Waals surface area contributed by atoms with Crippen molar-refractivity contribution in [3.63, 3.8) is 0 Å². The Morgan fingerprint density at radius 2 is 2.06 bits per heavy atom. The van der Waals surface area contributed by atoms with Crippen molar-refractivity contribution < 1.29 is 18.7 Å². The maximum absolute atomic E-state index is 13.2. The topological polar surface area (TPSA) is 50.2 Å². The number of carboxylic acid groups (broad SMARTS) is 1. The van der Waals surface area contributed by atoms with Gasteiger partial charge in [-0.2, -0.15) is 0 Å². The Morgan fingerprint density at radius 1 is 1.39 bits per heavy atom. The summed E-state index contributed by atoms with van der Waals surface area (Å²) in [5.74, 6) is -4.20. The van der Waals surface area contributed by atoms with Crippen LogP contribution in [0.5, 0.6) is 0 Å². The monoisotopic (exact) mass is 271 g/mol. The fourth-order valence-electron chi connectivity index (χ4n) is 1.60. The van der Waals surface area contributed by atoms with Gasteiger partial charge in [-0.1, -0.05) is 11.6 Å². The molecule has 0 unspecified atom stereocenters. The zero-order valence-electron chi connectivity index (χ0n) is 9.25. The normalized spacial score (nSPS) is 11.8. The van der Waals surface area contributed by atoms with E-state index in [9.17, 15) is 13.6 Å². The summed E-state index contributed by atoms with van der Waals surface area (Å²) < 4.78 is 26.5. The SMILES string of the molecule is CC(F)(F)c1cc2ncc(C(=O)O)cc2cc1Cl. The molecule has 18 heavy (non-hydrogen) atoms. The van der Waals surface area contributed by atoms with Crippen LogP contribution in [-0.2, 0) is 5.92 Å². The Kier molecular flexibility index (Phi) is 2.94.